The third-order valence-corrected chi connectivity index (χ3v) is 3.90. The van der Waals surface area contributed by atoms with Gasteiger partial charge in [-0.3, -0.25) is 0 Å². The van der Waals surface area contributed by atoms with Gasteiger partial charge in [-0.25, -0.2) is 4.99 Å². The van der Waals surface area contributed by atoms with Crippen molar-refractivity contribution in [3.05, 3.63) is 11.6 Å². The first-order valence-electron chi connectivity index (χ1n) is 9.57. The minimum absolute atomic E-state index is 0. The van der Waals surface area contributed by atoms with Crippen molar-refractivity contribution in [3.63, 3.8) is 0 Å². The predicted molar refractivity (Wildman–Crippen MR) is 120 cm³/mol. The molecule has 2 N–H and O–H groups in total. The number of nitrogens with one attached hydrogen (secondary N) is 2. The Morgan fingerprint density at radius 3 is 2.48 bits per heavy atom. The Morgan fingerprint density at radius 2 is 1.85 bits per heavy atom. The van der Waals surface area contributed by atoms with Crippen LogP contribution in [0, 0.1) is 12.8 Å². The maximum absolute atomic E-state index is 5.65. The summed E-state index contributed by atoms with van der Waals surface area (Å²) in [6, 6.07) is 0. The van der Waals surface area contributed by atoms with Gasteiger partial charge >= 0.3 is 0 Å². The summed E-state index contributed by atoms with van der Waals surface area (Å²) in [6.07, 6.45) is 2.02. The molecule has 8 nitrogen and oxygen atoms in total. The molecule has 9 heteroatoms. The minimum atomic E-state index is 0. The van der Waals surface area contributed by atoms with Crippen LogP contribution in [0.25, 0.3) is 0 Å². The molecule has 0 saturated heterocycles. The highest BCUT2D eigenvalue weighted by Crippen LogP contribution is 1.99. The highest BCUT2D eigenvalue weighted by Gasteiger charge is 2.05. The maximum atomic E-state index is 5.65. The molecule has 1 aromatic heterocycles. The zero-order chi connectivity index (χ0) is 19.2. The molecule has 0 aliphatic heterocycles. The predicted octanol–water partition coefficient (Wildman–Crippen LogP) is 2.27. The van der Waals surface area contributed by atoms with Crippen LogP contribution in [0.1, 0.15) is 45.3 Å². The molecule has 158 valence electrons. The molecule has 0 bridgehead atoms. The van der Waals surface area contributed by atoms with Crippen LogP contribution in [0.5, 0.6) is 0 Å². The molecule has 0 unspecified atom stereocenters. The van der Waals surface area contributed by atoms with Gasteiger partial charge in [0.15, 0.2) is 11.8 Å². The summed E-state index contributed by atoms with van der Waals surface area (Å²) in [4.78, 5) is 4.61. The molecular formula is C18H37IN6O2. The third kappa shape index (κ3) is 12.2. The average Bonchev–Trinajstić information content (AvgIpc) is 2.93. The fourth-order valence-electron chi connectivity index (χ4n) is 2.10. The largest absolute Gasteiger partial charge is 0.382 e. The smallest absolute Gasteiger partial charge is 0.191 e. The summed E-state index contributed by atoms with van der Waals surface area (Å²) in [5.41, 5.74) is 0. The molecule has 0 amide bonds. The van der Waals surface area contributed by atoms with Gasteiger partial charge in [-0.1, -0.05) is 13.8 Å². The van der Waals surface area contributed by atoms with Crippen molar-refractivity contribution < 1.29 is 9.47 Å². The Labute approximate surface area is 180 Å². The molecule has 0 fully saturated rings. The molecule has 27 heavy (non-hydrogen) atoms. The van der Waals surface area contributed by atoms with Gasteiger partial charge in [0.25, 0.3) is 0 Å². The summed E-state index contributed by atoms with van der Waals surface area (Å²) in [6.45, 7) is 13.3. The number of hydrogen-bond donors (Lipinski definition) is 2. The lowest BCUT2D eigenvalue weighted by molar-refractivity contribution is 0.128. The minimum Gasteiger partial charge on any atom is -0.382 e. The lowest BCUT2D eigenvalue weighted by Crippen LogP contribution is -2.40. The molecule has 0 aliphatic rings. The van der Waals surface area contributed by atoms with Crippen LogP contribution in [0.3, 0.4) is 0 Å². The topological polar surface area (TPSA) is 85.6 Å². The highest BCUT2D eigenvalue weighted by atomic mass is 127. The summed E-state index contributed by atoms with van der Waals surface area (Å²) in [5, 5.41) is 14.9. The second kappa shape index (κ2) is 16.1. The van der Waals surface area contributed by atoms with E-state index >= 15 is 0 Å². The van der Waals surface area contributed by atoms with Gasteiger partial charge in [0.2, 0.25) is 0 Å². The fraction of sp³-hybridized carbons (Fsp3) is 0.833. The van der Waals surface area contributed by atoms with Crippen molar-refractivity contribution in [3.8, 4) is 0 Å². The number of halogens is 1. The van der Waals surface area contributed by atoms with E-state index in [0.717, 1.165) is 56.8 Å². The molecule has 0 spiro atoms. The van der Waals surface area contributed by atoms with Gasteiger partial charge in [0, 0.05) is 40.0 Å². The van der Waals surface area contributed by atoms with E-state index in [-0.39, 0.29) is 24.0 Å². The van der Waals surface area contributed by atoms with Crippen molar-refractivity contribution in [1.82, 2.24) is 25.4 Å². The first-order valence-corrected chi connectivity index (χ1v) is 9.57. The van der Waals surface area contributed by atoms with E-state index in [1.807, 2.05) is 25.5 Å². The molecule has 1 rings (SSSR count). The van der Waals surface area contributed by atoms with Gasteiger partial charge in [0.1, 0.15) is 12.4 Å². The Morgan fingerprint density at radius 1 is 1.11 bits per heavy atom. The van der Waals surface area contributed by atoms with Gasteiger partial charge < -0.3 is 24.7 Å². The lowest BCUT2D eigenvalue weighted by Gasteiger charge is -2.13. The number of hydrogen-bond acceptors (Lipinski definition) is 5. The highest BCUT2D eigenvalue weighted by molar-refractivity contribution is 14.0. The van der Waals surface area contributed by atoms with Crippen LogP contribution in [-0.4, -0.2) is 60.2 Å². The molecular weight excluding hydrogens is 459 g/mol. The lowest BCUT2D eigenvalue weighted by atomic mass is 10.1. The third-order valence-electron chi connectivity index (χ3n) is 3.90. The zero-order valence-corrected chi connectivity index (χ0v) is 19.8. The van der Waals surface area contributed by atoms with E-state index in [1.165, 1.54) is 0 Å². The number of aromatic nitrogens is 3. The van der Waals surface area contributed by atoms with Gasteiger partial charge in [0.05, 0.1) is 6.61 Å². The number of aryl methyl sites for hydroxylation is 1. The van der Waals surface area contributed by atoms with Crippen LogP contribution < -0.4 is 10.6 Å². The molecule has 0 saturated carbocycles. The molecule has 0 aromatic carbocycles. The number of rotatable bonds is 13. The van der Waals surface area contributed by atoms with E-state index in [0.29, 0.717) is 25.6 Å². The SMILES string of the molecule is CCOCCCNC(=NCc1nnc(C)n1C)NCCOCCC(C)C.I. The molecule has 0 aliphatic carbocycles. The second-order valence-electron chi connectivity index (χ2n) is 6.59. The number of aliphatic imine (C=N–C) groups is 1. The van der Waals surface area contributed by atoms with Gasteiger partial charge in [-0.15, -0.1) is 34.2 Å². The van der Waals surface area contributed by atoms with E-state index in [1.54, 1.807) is 0 Å². The number of nitrogens with zero attached hydrogens (tertiary/aromatic N) is 4. The summed E-state index contributed by atoms with van der Waals surface area (Å²) in [7, 11) is 1.95. The maximum Gasteiger partial charge on any atom is 0.191 e. The monoisotopic (exact) mass is 496 g/mol. The second-order valence-corrected chi connectivity index (χ2v) is 6.59. The Balaban J connectivity index is 0.00000676. The van der Waals surface area contributed by atoms with E-state index < -0.39 is 0 Å². The number of ether oxygens (including phenoxy) is 2. The van der Waals surface area contributed by atoms with Crippen LogP contribution in [-0.2, 0) is 23.1 Å². The van der Waals surface area contributed by atoms with Crippen molar-refractivity contribution in [2.75, 3.05) is 39.5 Å². The number of guanidine groups is 1. The van der Waals surface area contributed by atoms with Gasteiger partial charge in [-0.2, -0.15) is 0 Å². The zero-order valence-electron chi connectivity index (χ0n) is 17.5. The van der Waals surface area contributed by atoms with E-state index in [2.05, 4.69) is 39.7 Å². The van der Waals surface area contributed by atoms with Crippen LogP contribution in [0.2, 0.25) is 0 Å². The van der Waals surface area contributed by atoms with Crippen molar-refractivity contribution >= 4 is 29.9 Å². The molecule has 0 atom stereocenters. The average molecular weight is 496 g/mol. The molecule has 1 heterocycles. The normalized spacial score (nSPS) is 11.6. The Hall–Kier alpha value is -0.940. The molecule has 0 radical (unpaired) electrons. The van der Waals surface area contributed by atoms with Gasteiger partial charge in [-0.05, 0) is 32.6 Å². The Kier molecular flexibility index (Phi) is 15.5. The van der Waals surface area contributed by atoms with Crippen molar-refractivity contribution in [2.45, 2.75) is 47.1 Å². The first-order chi connectivity index (χ1) is 12.5. The van der Waals surface area contributed by atoms with E-state index in [4.69, 9.17) is 9.47 Å². The van der Waals surface area contributed by atoms with Crippen LogP contribution in [0.4, 0.5) is 0 Å². The summed E-state index contributed by atoms with van der Waals surface area (Å²) >= 11 is 0. The van der Waals surface area contributed by atoms with Crippen LogP contribution >= 0.6 is 24.0 Å². The Bertz CT molecular complexity index is 522. The summed E-state index contributed by atoms with van der Waals surface area (Å²) < 4.78 is 13.0. The standard InChI is InChI=1S/C18H36N6O2.HI/c1-6-25-11-7-9-19-18(20-10-13-26-12-8-15(2)3)21-14-17-23-22-16(4)24(17)5;/h15H,6-14H2,1-5H3,(H2,19,20,21);1H. The van der Waals surface area contributed by atoms with E-state index in [9.17, 15) is 0 Å². The summed E-state index contributed by atoms with van der Waals surface area (Å²) in [5.74, 6) is 3.15. The van der Waals surface area contributed by atoms with Crippen molar-refractivity contribution in [2.24, 2.45) is 18.0 Å². The quantitative estimate of drug-likeness (QED) is 0.189. The van der Waals surface area contributed by atoms with Crippen LogP contribution in [0.15, 0.2) is 4.99 Å². The molecule has 1 aromatic rings. The fourth-order valence-corrected chi connectivity index (χ4v) is 2.10. The van der Waals surface area contributed by atoms with Crippen molar-refractivity contribution in [1.29, 1.82) is 0 Å². The first kappa shape index (κ1) is 26.1.